The Balaban J connectivity index is 0.000000561. The molecule has 0 aromatic heterocycles. The Hall–Kier alpha value is -1.11. The fourth-order valence-electron chi connectivity index (χ4n) is 1.09. The second-order valence-corrected chi connectivity index (χ2v) is 2.95. The fraction of sp³-hybridized carbons (Fsp3) is 0.364. The highest BCUT2D eigenvalue weighted by molar-refractivity contribution is 5.37. The van der Waals surface area contributed by atoms with Crippen LogP contribution in [0.4, 0.5) is 0 Å². The van der Waals surface area contributed by atoms with Crippen molar-refractivity contribution in [3.63, 3.8) is 0 Å². The van der Waals surface area contributed by atoms with Crippen LogP contribution in [-0.2, 0) is 4.79 Å². The Bertz CT molecular complexity index is 237. The van der Waals surface area contributed by atoms with E-state index in [2.05, 4.69) is 39.8 Å². The van der Waals surface area contributed by atoms with Gasteiger partial charge in [-0.2, -0.15) is 0 Å². The predicted molar refractivity (Wildman–Crippen MR) is 52.5 cm³/mol. The Labute approximate surface area is 74.4 Å². The summed E-state index contributed by atoms with van der Waals surface area (Å²) >= 11 is 0. The zero-order valence-corrected chi connectivity index (χ0v) is 8.27. The van der Waals surface area contributed by atoms with Crippen molar-refractivity contribution in [2.24, 2.45) is 0 Å². The first kappa shape index (κ1) is 10.9. The lowest BCUT2D eigenvalue weighted by Gasteiger charge is -2.06. The summed E-state index contributed by atoms with van der Waals surface area (Å²) in [6.45, 7) is 10.7. The van der Waals surface area contributed by atoms with E-state index in [4.69, 9.17) is 4.79 Å². The van der Waals surface area contributed by atoms with Crippen LogP contribution in [0.2, 0.25) is 0 Å². The van der Waals surface area contributed by atoms with E-state index in [1.54, 1.807) is 0 Å². The van der Waals surface area contributed by atoms with E-state index < -0.39 is 0 Å². The molecule has 0 heterocycles. The molecular formula is C11H16O. The van der Waals surface area contributed by atoms with Crippen molar-refractivity contribution in [1.82, 2.24) is 0 Å². The number of hydrogen-bond donors (Lipinski definition) is 0. The van der Waals surface area contributed by atoms with Crippen LogP contribution in [0.5, 0.6) is 0 Å². The van der Waals surface area contributed by atoms with Crippen LogP contribution in [0.3, 0.4) is 0 Å². The first-order valence-corrected chi connectivity index (χ1v) is 3.95. The molecule has 1 aromatic rings. The Morgan fingerprint density at radius 1 is 0.833 bits per heavy atom. The van der Waals surface area contributed by atoms with Crippen LogP contribution >= 0.6 is 0 Å². The summed E-state index contributed by atoms with van der Waals surface area (Å²) in [5.74, 6) is 0. The van der Waals surface area contributed by atoms with Gasteiger partial charge in [0.1, 0.15) is 6.79 Å². The lowest BCUT2D eigenvalue weighted by molar-refractivity contribution is -0.0979. The Morgan fingerprint density at radius 2 is 1.08 bits per heavy atom. The van der Waals surface area contributed by atoms with Gasteiger partial charge in [-0.25, -0.2) is 0 Å². The lowest BCUT2D eigenvalue weighted by Crippen LogP contribution is -1.88. The van der Waals surface area contributed by atoms with Crippen LogP contribution in [0.25, 0.3) is 0 Å². The molecule has 0 aliphatic carbocycles. The van der Waals surface area contributed by atoms with Gasteiger partial charge in [0, 0.05) is 0 Å². The summed E-state index contributed by atoms with van der Waals surface area (Å²) in [5.41, 5.74) is 5.64. The molecule has 0 spiro atoms. The Kier molecular flexibility index (Phi) is 4.27. The van der Waals surface area contributed by atoms with Gasteiger partial charge in [0.05, 0.1) is 0 Å². The molecule has 66 valence electrons. The van der Waals surface area contributed by atoms with Gasteiger partial charge in [0.25, 0.3) is 0 Å². The molecular weight excluding hydrogens is 148 g/mol. The fourth-order valence-corrected chi connectivity index (χ4v) is 1.09. The van der Waals surface area contributed by atoms with Crippen LogP contribution < -0.4 is 0 Å². The van der Waals surface area contributed by atoms with Gasteiger partial charge in [0.15, 0.2) is 0 Å². The second kappa shape index (κ2) is 4.70. The van der Waals surface area contributed by atoms with Crippen molar-refractivity contribution in [2.75, 3.05) is 0 Å². The predicted octanol–water partition coefficient (Wildman–Crippen LogP) is 2.74. The normalized spacial score (nSPS) is 8.67. The third kappa shape index (κ3) is 2.19. The molecule has 0 unspecified atom stereocenters. The van der Waals surface area contributed by atoms with E-state index in [1.807, 2.05) is 6.79 Å². The van der Waals surface area contributed by atoms with E-state index >= 15 is 0 Å². The summed E-state index contributed by atoms with van der Waals surface area (Å²) in [7, 11) is 0. The van der Waals surface area contributed by atoms with Gasteiger partial charge in [0.2, 0.25) is 0 Å². The quantitative estimate of drug-likeness (QED) is 0.576. The van der Waals surface area contributed by atoms with Gasteiger partial charge in [-0.15, -0.1) is 0 Å². The van der Waals surface area contributed by atoms with Crippen molar-refractivity contribution in [3.05, 3.63) is 34.4 Å². The van der Waals surface area contributed by atoms with E-state index in [9.17, 15) is 0 Å². The molecule has 1 aromatic carbocycles. The maximum Gasteiger partial charge on any atom is 0.106 e. The van der Waals surface area contributed by atoms with Gasteiger partial charge in [-0.1, -0.05) is 12.1 Å². The molecule has 0 amide bonds. The maximum atomic E-state index is 8.00. The SMILES string of the molecule is C=O.Cc1ccc(C)c(C)c1C. The molecule has 1 heteroatoms. The van der Waals surface area contributed by atoms with Crippen molar-refractivity contribution >= 4 is 6.79 Å². The first-order valence-electron chi connectivity index (χ1n) is 3.95. The summed E-state index contributed by atoms with van der Waals surface area (Å²) < 4.78 is 0. The minimum Gasteiger partial charge on any atom is -0.307 e. The lowest BCUT2D eigenvalue weighted by atomic mass is 10.0. The topological polar surface area (TPSA) is 17.1 Å². The maximum absolute atomic E-state index is 8.00. The third-order valence-corrected chi connectivity index (χ3v) is 2.33. The third-order valence-electron chi connectivity index (χ3n) is 2.33. The molecule has 0 radical (unpaired) electrons. The van der Waals surface area contributed by atoms with E-state index in [-0.39, 0.29) is 0 Å². The molecule has 0 saturated carbocycles. The molecule has 1 rings (SSSR count). The number of benzene rings is 1. The summed E-state index contributed by atoms with van der Waals surface area (Å²) in [5, 5.41) is 0. The zero-order valence-electron chi connectivity index (χ0n) is 8.27. The average molecular weight is 164 g/mol. The Morgan fingerprint density at radius 3 is 1.33 bits per heavy atom. The first-order chi connectivity index (χ1) is 5.63. The molecule has 0 aliphatic rings. The van der Waals surface area contributed by atoms with Gasteiger partial charge in [-0.05, 0) is 49.9 Å². The molecule has 12 heavy (non-hydrogen) atoms. The van der Waals surface area contributed by atoms with Crippen LogP contribution in [0, 0.1) is 27.7 Å². The number of carbonyl (C=O) groups excluding carboxylic acids is 1. The summed E-state index contributed by atoms with van der Waals surface area (Å²) in [4.78, 5) is 8.00. The smallest absolute Gasteiger partial charge is 0.106 e. The van der Waals surface area contributed by atoms with Crippen LogP contribution in [-0.4, -0.2) is 6.79 Å². The van der Waals surface area contributed by atoms with E-state index in [0.717, 1.165) is 0 Å². The van der Waals surface area contributed by atoms with E-state index in [0.29, 0.717) is 0 Å². The molecule has 0 aliphatic heterocycles. The minimum absolute atomic E-state index is 1.39. The average Bonchev–Trinajstić information content (AvgIpc) is 2.12. The summed E-state index contributed by atoms with van der Waals surface area (Å²) in [6.07, 6.45) is 0. The molecule has 0 N–H and O–H groups in total. The molecule has 0 bridgehead atoms. The van der Waals surface area contributed by atoms with Crippen LogP contribution in [0.15, 0.2) is 12.1 Å². The second-order valence-electron chi connectivity index (χ2n) is 2.95. The largest absolute Gasteiger partial charge is 0.307 e. The zero-order chi connectivity index (χ0) is 9.72. The number of rotatable bonds is 0. The minimum atomic E-state index is 1.39. The van der Waals surface area contributed by atoms with E-state index in [1.165, 1.54) is 22.3 Å². The molecule has 0 saturated heterocycles. The highest BCUT2D eigenvalue weighted by Gasteiger charge is 1.97. The van der Waals surface area contributed by atoms with Gasteiger partial charge >= 0.3 is 0 Å². The number of aryl methyl sites for hydroxylation is 2. The van der Waals surface area contributed by atoms with Gasteiger partial charge in [-0.3, -0.25) is 0 Å². The summed E-state index contributed by atoms with van der Waals surface area (Å²) in [6, 6.07) is 4.36. The van der Waals surface area contributed by atoms with Crippen molar-refractivity contribution < 1.29 is 4.79 Å². The number of hydrogen-bond acceptors (Lipinski definition) is 1. The molecule has 0 fully saturated rings. The van der Waals surface area contributed by atoms with Crippen molar-refractivity contribution in [3.8, 4) is 0 Å². The highest BCUT2D eigenvalue weighted by atomic mass is 16.1. The van der Waals surface area contributed by atoms with Crippen LogP contribution in [0.1, 0.15) is 22.3 Å². The van der Waals surface area contributed by atoms with Gasteiger partial charge < -0.3 is 4.79 Å². The van der Waals surface area contributed by atoms with Crippen molar-refractivity contribution in [2.45, 2.75) is 27.7 Å². The monoisotopic (exact) mass is 164 g/mol. The standard InChI is InChI=1S/C10H14.CH2O/c1-7-5-6-8(2)10(4)9(7)3;1-2/h5-6H,1-4H3;1H2. The highest BCUT2D eigenvalue weighted by Crippen LogP contribution is 2.15. The molecule has 0 atom stereocenters. The number of carbonyl (C=O) groups is 1. The van der Waals surface area contributed by atoms with Crippen molar-refractivity contribution in [1.29, 1.82) is 0 Å². The molecule has 1 nitrogen and oxygen atoms in total.